The van der Waals surface area contributed by atoms with E-state index >= 15 is 0 Å². The van der Waals surface area contributed by atoms with Crippen LogP contribution in [0.1, 0.15) is 27.2 Å². The normalized spacial score (nSPS) is 16.6. The number of hydrazine groups is 1. The van der Waals surface area contributed by atoms with Gasteiger partial charge < -0.3 is 0 Å². The molecule has 0 unspecified atom stereocenters. The minimum absolute atomic E-state index is 0.0798. The maximum Gasteiger partial charge on any atom is 0.0871 e. The Kier molecular flexibility index (Phi) is 5.94. The van der Waals surface area contributed by atoms with E-state index in [0.29, 0.717) is 6.54 Å². The summed E-state index contributed by atoms with van der Waals surface area (Å²) in [5, 5.41) is 12.4. The molecule has 1 rings (SSSR count). The van der Waals surface area contributed by atoms with Crippen LogP contribution in [0.25, 0.3) is 0 Å². The number of halogens is 1. The fraction of sp³-hybridized carbons (Fsp3) is 0.571. The third-order valence-electron chi connectivity index (χ3n) is 2.50. The van der Waals surface area contributed by atoms with Crippen LogP contribution >= 0.6 is 15.9 Å². The van der Waals surface area contributed by atoms with Crippen LogP contribution in [-0.4, -0.2) is 36.3 Å². The lowest BCUT2D eigenvalue weighted by atomic mass is 10.1. The second-order valence-corrected chi connectivity index (χ2v) is 6.68. The van der Waals surface area contributed by atoms with Crippen molar-refractivity contribution in [2.75, 3.05) is 20.6 Å². The number of hydrogen-bond donors (Lipinski definition) is 0. The number of nitrogens with zero attached hydrogens (tertiary/aromatic N) is 4. The molecule has 1 aliphatic rings. The van der Waals surface area contributed by atoms with Crippen LogP contribution < -0.4 is 0 Å². The molecule has 106 valence electrons. The number of rotatable bonds is 4. The molecule has 0 aliphatic heterocycles. The monoisotopic (exact) mass is 326 g/mol. The van der Waals surface area contributed by atoms with E-state index in [9.17, 15) is 0 Å². The molecule has 0 aromatic carbocycles. The summed E-state index contributed by atoms with van der Waals surface area (Å²) in [6.45, 7) is 6.91. The highest BCUT2D eigenvalue weighted by molar-refractivity contribution is 9.11. The predicted molar refractivity (Wildman–Crippen MR) is 83.9 cm³/mol. The quantitative estimate of drug-likeness (QED) is 0.575. The van der Waals surface area contributed by atoms with E-state index in [1.54, 1.807) is 0 Å². The van der Waals surface area contributed by atoms with Gasteiger partial charge in [0.05, 0.1) is 12.1 Å². The zero-order valence-electron chi connectivity index (χ0n) is 12.4. The van der Waals surface area contributed by atoms with E-state index in [4.69, 9.17) is 0 Å². The van der Waals surface area contributed by atoms with E-state index in [0.717, 1.165) is 12.0 Å². The summed E-state index contributed by atoms with van der Waals surface area (Å²) in [5.41, 5.74) is 1.08. The van der Waals surface area contributed by atoms with Gasteiger partial charge in [-0.1, -0.05) is 45.5 Å². The maximum atomic E-state index is 4.32. The minimum Gasteiger partial charge on any atom is -0.209 e. The molecule has 0 saturated heterocycles. The summed E-state index contributed by atoms with van der Waals surface area (Å²) in [7, 11) is 3.93. The van der Waals surface area contributed by atoms with Crippen LogP contribution in [0.3, 0.4) is 0 Å². The Hall–Kier alpha value is -0.940. The van der Waals surface area contributed by atoms with Crippen molar-refractivity contribution in [1.29, 1.82) is 0 Å². The standard InChI is InChI=1S/C14H23BrN4/c1-14(2,3)19(18(4)5)17-16-11-12-7-6-8-13(15)10-9-12/h6-7,9-10H,8,11H2,1-5H3. The Morgan fingerprint density at radius 2 is 1.95 bits per heavy atom. The zero-order chi connectivity index (χ0) is 14.5. The fourth-order valence-electron chi connectivity index (χ4n) is 1.74. The molecular formula is C14H23BrN4. The maximum absolute atomic E-state index is 4.32. The highest BCUT2D eigenvalue weighted by Crippen LogP contribution is 2.17. The highest BCUT2D eigenvalue weighted by Gasteiger charge is 2.21. The number of allylic oxidation sites excluding steroid dienone is 4. The van der Waals surface area contributed by atoms with Crippen molar-refractivity contribution >= 4 is 15.9 Å². The predicted octanol–water partition coefficient (Wildman–Crippen LogP) is 4.10. The van der Waals surface area contributed by atoms with Gasteiger partial charge in [-0.3, -0.25) is 0 Å². The van der Waals surface area contributed by atoms with Crippen molar-refractivity contribution in [2.45, 2.75) is 32.7 Å². The minimum atomic E-state index is -0.0798. The summed E-state index contributed by atoms with van der Waals surface area (Å²) in [4.78, 5) is 0. The van der Waals surface area contributed by atoms with Crippen LogP contribution in [0.15, 0.2) is 44.7 Å². The molecule has 0 N–H and O–H groups in total. The van der Waals surface area contributed by atoms with E-state index in [2.05, 4.69) is 71.3 Å². The SMILES string of the molecule is CN(C)N(N=NCC1=CC=C(Br)CC=C1)C(C)(C)C. The molecular weight excluding hydrogens is 304 g/mol. The van der Waals surface area contributed by atoms with Crippen molar-refractivity contribution in [2.24, 2.45) is 10.3 Å². The molecule has 19 heavy (non-hydrogen) atoms. The number of hydrogen-bond acceptors (Lipinski definition) is 3. The van der Waals surface area contributed by atoms with Gasteiger partial charge in [-0.2, -0.15) is 5.11 Å². The third kappa shape index (κ3) is 5.70. The van der Waals surface area contributed by atoms with Gasteiger partial charge >= 0.3 is 0 Å². The highest BCUT2D eigenvalue weighted by atomic mass is 79.9. The topological polar surface area (TPSA) is 31.2 Å². The molecule has 5 heteroatoms. The Morgan fingerprint density at radius 3 is 2.53 bits per heavy atom. The van der Waals surface area contributed by atoms with Crippen molar-refractivity contribution in [3.63, 3.8) is 0 Å². The lowest BCUT2D eigenvalue weighted by Crippen LogP contribution is -2.45. The average Bonchev–Trinajstić information content (AvgIpc) is 2.47. The van der Waals surface area contributed by atoms with Gasteiger partial charge in [-0.15, -0.1) is 0 Å². The first-order valence-electron chi connectivity index (χ1n) is 6.37. The summed E-state index contributed by atoms with van der Waals surface area (Å²) >= 11 is 3.50. The van der Waals surface area contributed by atoms with Crippen LogP contribution in [0.2, 0.25) is 0 Å². The summed E-state index contributed by atoms with van der Waals surface area (Å²) in [6, 6.07) is 0. The summed E-state index contributed by atoms with van der Waals surface area (Å²) in [5.74, 6) is 0. The first-order valence-corrected chi connectivity index (χ1v) is 7.16. The van der Waals surface area contributed by atoms with Crippen molar-refractivity contribution < 1.29 is 0 Å². The lowest BCUT2D eigenvalue weighted by Gasteiger charge is -2.36. The van der Waals surface area contributed by atoms with E-state index in [-0.39, 0.29) is 5.54 Å². The molecule has 1 aliphatic carbocycles. The third-order valence-corrected chi connectivity index (χ3v) is 3.09. The smallest absolute Gasteiger partial charge is 0.0871 e. The Bertz CT molecular complexity index is 414. The molecule has 0 aromatic rings. The average molecular weight is 327 g/mol. The van der Waals surface area contributed by atoms with Crippen LogP contribution in [0.5, 0.6) is 0 Å². The molecule has 0 spiro atoms. The van der Waals surface area contributed by atoms with Gasteiger partial charge in [0.2, 0.25) is 0 Å². The summed E-state index contributed by atoms with van der Waals surface area (Å²) in [6.07, 6.45) is 9.30. The Morgan fingerprint density at radius 1 is 1.26 bits per heavy atom. The van der Waals surface area contributed by atoms with Crippen molar-refractivity contribution in [1.82, 2.24) is 10.1 Å². The molecule has 0 saturated carbocycles. The molecule has 0 atom stereocenters. The van der Waals surface area contributed by atoms with Gasteiger partial charge in [0.15, 0.2) is 0 Å². The second-order valence-electron chi connectivity index (χ2n) is 5.66. The van der Waals surface area contributed by atoms with Crippen molar-refractivity contribution in [3.05, 3.63) is 34.4 Å². The van der Waals surface area contributed by atoms with Crippen LogP contribution in [-0.2, 0) is 0 Å². The first-order chi connectivity index (χ1) is 8.80. The lowest BCUT2D eigenvalue weighted by molar-refractivity contribution is -0.0604. The zero-order valence-corrected chi connectivity index (χ0v) is 14.0. The molecule has 0 bridgehead atoms. The van der Waals surface area contributed by atoms with Crippen LogP contribution in [0.4, 0.5) is 0 Å². The van der Waals surface area contributed by atoms with E-state index in [1.807, 2.05) is 24.2 Å². The fourth-order valence-corrected chi connectivity index (χ4v) is 2.06. The van der Waals surface area contributed by atoms with Gasteiger partial charge in [-0.05, 0) is 37.2 Å². The molecule has 0 aromatic heterocycles. The molecule has 0 fully saturated rings. The van der Waals surface area contributed by atoms with E-state index in [1.165, 1.54) is 4.48 Å². The van der Waals surface area contributed by atoms with Gasteiger partial charge in [-0.25, -0.2) is 10.1 Å². The molecule has 0 amide bonds. The second kappa shape index (κ2) is 7.01. The van der Waals surface area contributed by atoms with Gasteiger partial charge in [0.25, 0.3) is 0 Å². The van der Waals surface area contributed by atoms with Crippen molar-refractivity contribution in [3.8, 4) is 0 Å². The summed E-state index contributed by atoms with van der Waals surface area (Å²) < 4.78 is 1.18. The molecule has 0 heterocycles. The van der Waals surface area contributed by atoms with Gasteiger partial charge in [0, 0.05) is 14.1 Å². The first kappa shape index (κ1) is 16.1. The van der Waals surface area contributed by atoms with E-state index < -0.39 is 0 Å². The largest absolute Gasteiger partial charge is 0.209 e. The van der Waals surface area contributed by atoms with Crippen LogP contribution in [0, 0.1) is 0 Å². The Labute approximate surface area is 124 Å². The molecule has 4 nitrogen and oxygen atoms in total. The molecule has 0 radical (unpaired) electrons. The van der Waals surface area contributed by atoms with Gasteiger partial charge in [0.1, 0.15) is 0 Å². The Balaban J connectivity index is 2.67.